The molecule has 1 aromatic carbocycles. The quantitative estimate of drug-likeness (QED) is 0.846. The zero-order valence-corrected chi connectivity index (χ0v) is 15.6. The predicted octanol–water partition coefficient (Wildman–Crippen LogP) is 2.57. The molecule has 7 nitrogen and oxygen atoms in total. The Morgan fingerprint density at radius 2 is 1.72 bits per heavy atom. The molecule has 0 saturated carbocycles. The van der Waals surface area contributed by atoms with E-state index in [0.717, 1.165) is 11.4 Å². The highest BCUT2D eigenvalue weighted by atomic mass is 16.6. The molecule has 0 bridgehead atoms. The van der Waals surface area contributed by atoms with Crippen molar-refractivity contribution in [3.8, 4) is 0 Å². The molecule has 0 aliphatic carbocycles. The largest absolute Gasteiger partial charge is 0.465 e. The summed E-state index contributed by atoms with van der Waals surface area (Å²) in [6.07, 6.45) is -0.286. The topological polar surface area (TPSA) is 71.1 Å². The molecule has 1 fully saturated rings. The number of carbonyl (C=O) groups excluding carboxylic acids is 2. The van der Waals surface area contributed by atoms with E-state index in [2.05, 4.69) is 10.2 Å². The number of carbonyl (C=O) groups is 2. The molecule has 1 saturated heterocycles. The molecule has 2 rings (SSSR count). The van der Waals surface area contributed by atoms with Crippen molar-refractivity contribution in [2.75, 3.05) is 50.6 Å². The van der Waals surface area contributed by atoms with Crippen LogP contribution in [0.1, 0.15) is 31.1 Å². The Morgan fingerprint density at radius 1 is 1.08 bits per heavy atom. The number of methoxy groups -OCH3 is 1. The van der Waals surface area contributed by atoms with Gasteiger partial charge in [0.1, 0.15) is 5.60 Å². The second kappa shape index (κ2) is 7.63. The normalized spacial score (nSPS) is 14.9. The number of amides is 1. The first-order valence-electron chi connectivity index (χ1n) is 8.37. The van der Waals surface area contributed by atoms with Crippen molar-refractivity contribution in [3.63, 3.8) is 0 Å². The number of benzene rings is 1. The Bertz CT molecular complexity index is 632. The minimum absolute atomic E-state index is 0.286. The van der Waals surface area contributed by atoms with E-state index in [0.29, 0.717) is 31.7 Å². The second-order valence-electron chi connectivity index (χ2n) is 6.96. The molecule has 1 N–H and O–H groups in total. The van der Waals surface area contributed by atoms with Crippen LogP contribution in [0.4, 0.5) is 16.2 Å². The number of hydrogen-bond acceptors (Lipinski definition) is 6. The number of ether oxygens (including phenoxy) is 2. The van der Waals surface area contributed by atoms with Crippen LogP contribution in [0.25, 0.3) is 0 Å². The van der Waals surface area contributed by atoms with Gasteiger partial charge in [0.05, 0.1) is 12.7 Å². The maximum atomic E-state index is 12.2. The van der Waals surface area contributed by atoms with Crippen molar-refractivity contribution in [2.45, 2.75) is 26.4 Å². The van der Waals surface area contributed by atoms with Gasteiger partial charge in [-0.05, 0) is 39.0 Å². The summed E-state index contributed by atoms with van der Waals surface area (Å²) in [5, 5.41) is 3.06. The van der Waals surface area contributed by atoms with E-state index < -0.39 is 5.60 Å². The zero-order chi connectivity index (χ0) is 18.6. The van der Waals surface area contributed by atoms with E-state index in [9.17, 15) is 9.59 Å². The van der Waals surface area contributed by atoms with Gasteiger partial charge < -0.3 is 24.6 Å². The van der Waals surface area contributed by atoms with E-state index >= 15 is 0 Å². The third-order valence-electron chi connectivity index (χ3n) is 3.92. The fraction of sp³-hybridized carbons (Fsp3) is 0.556. The lowest BCUT2D eigenvalue weighted by molar-refractivity contribution is 0.0240. The molecule has 0 unspecified atom stereocenters. The van der Waals surface area contributed by atoms with Gasteiger partial charge in [-0.3, -0.25) is 0 Å². The second-order valence-corrected chi connectivity index (χ2v) is 6.96. The molecule has 1 heterocycles. The first-order valence-corrected chi connectivity index (χ1v) is 8.37. The summed E-state index contributed by atoms with van der Waals surface area (Å²) in [4.78, 5) is 27.9. The Labute approximate surface area is 148 Å². The van der Waals surface area contributed by atoms with Crippen molar-refractivity contribution in [3.05, 3.63) is 23.8 Å². The van der Waals surface area contributed by atoms with Crippen LogP contribution in [0.15, 0.2) is 18.2 Å². The van der Waals surface area contributed by atoms with E-state index in [1.165, 1.54) is 7.11 Å². The third-order valence-corrected chi connectivity index (χ3v) is 3.92. The third kappa shape index (κ3) is 5.01. The number of hydrogen-bond donors (Lipinski definition) is 1. The molecule has 138 valence electrons. The molecule has 0 atom stereocenters. The van der Waals surface area contributed by atoms with Crippen molar-refractivity contribution >= 4 is 23.4 Å². The van der Waals surface area contributed by atoms with Crippen LogP contribution in [-0.2, 0) is 9.47 Å². The molecule has 1 aliphatic heterocycles. The van der Waals surface area contributed by atoms with Crippen LogP contribution in [0, 0.1) is 0 Å². The predicted molar refractivity (Wildman–Crippen MR) is 97.3 cm³/mol. The summed E-state index contributed by atoms with van der Waals surface area (Å²) in [6.45, 7) is 8.08. The van der Waals surface area contributed by atoms with Crippen LogP contribution < -0.4 is 10.2 Å². The Balaban J connectivity index is 2.07. The van der Waals surface area contributed by atoms with E-state index in [1.54, 1.807) is 18.0 Å². The summed E-state index contributed by atoms with van der Waals surface area (Å²) in [7, 11) is 3.17. The Hall–Kier alpha value is -2.44. The first-order chi connectivity index (χ1) is 11.7. The van der Waals surface area contributed by atoms with Gasteiger partial charge in [-0.2, -0.15) is 0 Å². The van der Waals surface area contributed by atoms with E-state index in [1.807, 2.05) is 32.9 Å². The smallest absolute Gasteiger partial charge is 0.410 e. The van der Waals surface area contributed by atoms with Gasteiger partial charge >= 0.3 is 12.1 Å². The number of rotatable bonds is 3. The van der Waals surface area contributed by atoms with Crippen LogP contribution in [0.2, 0.25) is 0 Å². The highest BCUT2D eigenvalue weighted by Crippen LogP contribution is 2.24. The van der Waals surface area contributed by atoms with Gasteiger partial charge in [-0.15, -0.1) is 0 Å². The molecule has 0 spiro atoms. The molecule has 0 aromatic heterocycles. The molecule has 1 aromatic rings. The highest BCUT2D eigenvalue weighted by molar-refractivity contribution is 5.92. The standard InChI is InChI=1S/C18H27N3O4/c1-18(2,3)25-17(23)21-8-6-20(7-9-21)15-11-13(16(22)24-5)10-14(12-15)19-4/h10-12,19H,6-9H2,1-5H3. The fourth-order valence-electron chi connectivity index (χ4n) is 2.65. The van der Waals surface area contributed by atoms with Gasteiger partial charge in [0.15, 0.2) is 0 Å². The molecular weight excluding hydrogens is 322 g/mol. The van der Waals surface area contributed by atoms with Crippen molar-refractivity contribution in [1.29, 1.82) is 0 Å². The fourth-order valence-corrected chi connectivity index (χ4v) is 2.65. The SMILES string of the molecule is CNc1cc(C(=O)OC)cc(N2CCN(C(=O)OC(C)(C)C)CC2)c1. The van der Waals surface area contributed by atoms with Gasteiger partial charge in [-0.25, -0.2) is 9.59 Å². The van der Waals surface area contributed by atoms with Gasteiger partial charge in [-0.1, -0.05) is 0 Å². The van der Waals surface area contributed by atoms with Crippen LogP contribution in [0.3, 0.4) is 0 Å². The molecule has 25 heavy (non-hydrogen) atoms. The summed E-state index contributed by atoms with van der Waals surface area (Å²) in [6, 6.07) is 5.55. The molecular formula is C18H27N3O4. The first kappa shape index (κ1) is 18.9. The summed E-state index contributed by atoms with van der Waals surface area (Å²) in [5.41, 5.74) is 1.77. The van der Waals surface area contributed by atoms with E-state index in [4.69, 9.17) is 9.47 Å². The zero-order valence-electron chi connectivity index (χ0n) is 15.6. The van der Waals surface area contributed by atoms with Gasteiger partial charge in [0.25, 0.3) is 0 Å². The molecule has 0 radical (unpaired) electrons. The maximum absolute atomic E-state index is 12.2. The maximum Gasteiger partial charge on any atom is 0.410 e. The summed E-state index contributed by atoms with van der Waals surface area (Å²) >= 11 is 0. The summed E-state index contributed by atoms with van der Waals surface area (Å²) in [5.74, 6) is -0.370. The lowest BCUT2D eigenvalue weighted by Gasteiger charge is -2.37. The molecule has 7 heteroatoms. The monoisotopic (exact) mass is 349 g/mol. The number of esters is 1. The average Bonchev–Trinajstić information content (AvgIpc) is 2.59. The number of nitrogens with zero attached hydrogens (tertiary/aromatic N) is 2. The number of nitrogens with one attached hydrogen (secondary N) is 1. The Kier molecular flexibility index (Phi) is 5.77. The molecule has 1 amide bonds. The lowest BCUT2D eigenvalue weighted by atomic mass is 10.1. The van der Waals surface area contributed by atoms with Crippen molar-refractivity contribution < 1.29 is 19.1 Å². The van der Waals surface area contributed by atoms with Crippen molar-refractivity contribution in [1.82, 2.24) is 4.90 Å². The van der Waals surface area contributed by atoms with E-state index in [-0.39, 0.29) is 12.1 Å². The van der Waals surface area contributed by atoms with Gasteiger partial charge in [0.2, 0.25) is 0 Å². The minimum atomic E-state index is -0.495. The van der Waals surface area contributed by atoms with Crippen molar-refractivity contribution in [2.24, 2.45) is 0 Å². The van der Waals surface area contributed by atoms with Crippen LogP contribution in [0.5, 0.6) is 0 Å². The lowest BCUT2D eigenvalue weighted by Crippen LogP contribution is -2.50. The minimum Gasteiger partial charge on any atom is -0.465 e. The molecule has 1 aliphatic rings. The van der Waals surface area contributed by atoms with Crippen LogP contribution >= 0.6 is 0 Å². The summed E-state index contributed by atoms with van der Waals surface area (Å²) < 4.78 is 10.2. The number of piperazine rings is 1. The van der Waals surface area contributed by atoms with Crippen LogP contribution in [-0.4, -0.2) is 62.9 Å². The Morgan fingerprint density at radius 3 is 2.24 bits per heavy atom. The van der Waals surface area contributed by atoms with Gasteiger partial charge in [0, 0.05) is 44.6 Å². The highest BCUT2D eigenvalue weighted by Gasteiger charge is 2.26. The average molecular weight is 349 g/mol. The number of anilines is 2.